The molecule has 3 aromatic rings. The molecule has 1 aliphatic rings. The third-order valence-electron chi connectivity index (χ3n) is 5.78. The van der Waals surface area contributed by atoms with Crippen molar-refractivity contribution in [1.29, 1.82) is 5.26 Å². The van der Waals surface area contributed by atoms with E-state index in [-0.39, 0.29) is 0 Å². The van der Waals surface area contributed by atoms with Gasteiger partial charge in [-0.05, 0) is 55.3 Å². The summed E-state index contributed by atoms with van der Waals surface area (Å²) in [6, 6.07) is 14.9. The number of rotatable bonds is 8. The summed E-state index contributed by atoms with van der Waals surface area (Å²) in [5.41, 5.74) is 3.51. The zero-order chi connectivity index (χ0) is 22.3. The first kappa shape index (κ1) is 22.3. The molecule has 3 heterocycles. The summed E-state index contributed by atoms with van der Waals surface area (Å²) in [7, 11) is 0. The maximum absolute atomic E-state index is 9.35. The van der Waals surface area contributed by atoms with E-state index >= 15 is 0 Å². The first-order valence-electron chi connectivity index (χ1n) is 11.3. The number of benzene rings is 1. The van der Waals surface area contributed by atoms with E-state index < -0.39 is 0 Å². The van der Waals surface area contributed by atoms with Crippen LogP contribution in [0.15, 0.2) is 41.8 Å². The van der Waals surface area contributed by atoms with Crippen LogP contribution in [0.1, 0.15) is 47.9 Å². The van der Waals surface area contributed by atoms with Crippen LogP contribution in [0.4, 0.5) is 17.5 Å². The van der Waals surface area contributed by atoms with Gasteiger partial charge in [-0.2, -0.15) is 10.2 Å². The van der Waals surface area contributed by atoms with Gasteiger partial charge in [-0.1, -0.05) is 25.5 Å². The SMILES string of the molecule is CCCc1cc(N2CCC[C@H](NCc3cccs3)C2)nc(Nc2ccc(C)c(C#N)c2)n1. The van der Waals surface area contributed by atoms with Crippen molar-refractivity contribution in [2.24, 2.45) is 0 Å². The van der Waals surface area contributed by atoms with Crippen molar-refractivity contribution in [3.05, 3.63) is 63.5 Å². The van der Waals surface area contributed by atoms with Gasteiger partial charge in [0.1, 0.15) is 5.82 Å². The van der Waals surface area contributed by atoms with E-state index in [1.807, 2.05) is 25.1 Å². The van der Waals surface area contributed by atoms with Gasteiger partial charge in [0, 0.05) is 48.0 Å². The zero-order valence-electron chi connectivity index (χ0n) is 18.8. The van der Waals surface area contributed by atoms with Gasteiger partial charge in [-0.15, -0.1) is 11.3 Å². The van der Waals surface area contributed by atoms with Gasteiger partial charge in [0.15, 0.2) is 0 Å². The Morgan fingerprint density at radius 2 is 2.16 bits per heavy atom. The van der Waals surface area contributed by atoms with Crippen LogP contribution < -0.4 is 15.5 Å². The smallest absolute Gasteiger partial charge is 0.229 e. The maximum Gasteiger partial charge on any atom is 0.229 e. The highest BCUT2D eigenvalue weighted by Gasteiger charge is 2.22. The summed E-state index contributed by atoms with van der Waals surface area (Å²) in [5, 5.41) is 18.5. The Bertz CT molecular complexity index is 1070. The number of thiophene rings is 1. The molecule has 1 fully saturated rings. The predicted octanol–water partition coefficient (Wildman–Crippen LogP) is 5.17. The summed E-state index contributed by atoms with van der Waals surface area (Å²) in [6.45, 7) is 6.97. The summed E-state index contributed by atoms with van der Waals surface area (Å²) in [5.74, 6) is 1.56. The number of nitrogens with zero attached hydrogens (tertiary/aromatic N) is 4. The molecule has 166 valence electrons. The highest BCUT2D eigenvalue weighted by Crippen LogP contribution is 2.24. The van der Waals surface area contributed by atoms with Crippen molar-refractivity contribution in [2.45, 2.75) is 52.1 Å². The van der Waals surface area contributed by atoms with Crippen LogP contribution in [0, 0.1) is 18.3 Å². The summed E-state index contributed by atoms with van der Waals surface area (Å²) in [6.07, 6.45) is 4.26. The highest BCUT2D eigenvalue weighted by molar-refractivity contribution is 7.09. The zero-order valence-corrected chi connectivity index (χ0v) is 19.6. The Hall–Kier alpha value is -2.95. The van der Waals surface area contributed by atoms with Crippen LogP contribution in [-0.2, 0) is 13.0 Å². The lowest BCUT2D eigenvalue weighted by molar-refractivity contribution is 0.421. The Labute approximate surface area is 194 Å². The molecule has 32 heavy (non-hydrogen) atoms. The van der Waals surface area contributed by atoms with Gasteiger partial charge in [0.2, 0.25) is 5.95 Å². The fourth-order valence-corrected chi connectivity index (χ4v) is 4.70. The van der Waals surface area contributed by atoms with E-state index in [2.05, 4.69) is 52.1 Å². The number of aromatic nitrogens is 2. The lowest BCUT2D eigenvalue weighted by atomic mass is 10.1. The first-order valence-corrected chi connectivity index (χ1v) is 12.2. The molecule has 0 spiro atoms. The molecule has 0 amide bonds. The van der Waals surface area contributed by atoms with Crippen LogP contribution in [0.5, 0.6) is 0 Å². The van der Waals surface area contributed by atoms with Crippen LogP contribution in [0.25, 0.3) is 0 Å². The topological polar surface area (TPSA) is 76.9 Å². The average molecular weight is 447 g/mol. The number of nitrogens with one attached hydrogen (secondary N) is 2. The Morgan fingerprint density at radius 3 is 2.94 bits per heavy atom. The molecule has 4 rings (SSSR count). The predicted molar refractivity (Wildman–Crippen MR) is 132 cm³/mol. The molecule has 0 saturated carbocycles. The van der Waals surface area contributed by atoms with Gasteiger partial charge in [0.05, 0.1) is 11.6 Å². The number of aryl methyl sites for hydroxylation is 2. The Balaban J connectivity index is 1.51. The van der Waals surface area contributed by atoms with Crippen LogP contribution in [-0.4, -0.2) is 29.1 Å². The van der Waals surface area contributed by atoms with Gasteiger partial charge in [-0.25, -0.2) is 4.98 Å². The Kier molecular flexibility index (Phi) is 7.35. The second-order valence-corrected chi connectivity index (χ2v) is 9.34. The number of hydrogen-bond donors (Lipinski definition) is 2. The van der Waals surface area contributed by atoms with Gasteiger partial charge < -0.3 is 15.5 Å². The number of anilines is 3. The molecule has 7 heteroatoms. The standard InChI is InChI=1S/C25H30N6S/c1-3-6-20-14-24(30-25(28-20)29-21-10-9-18(2)19(13-21)15-26)31-11-4-7-22(17-31)27-16-23-8-5-12-32-23/h5,8-10,12-14,22,27H,3-4,6-7,11,16-17H2,1-2H3,(H,28,29,30)/t22-/m0/s1. The third-order valence-corrected chi connectivity index (χ3v) is 6.65. The normalized spacial score (nSPS) is 16.0. The molecule has 0 unspecified atom stereocenters. The molecule has 1 aromatic carbocycles. The fraction of sp³-hybridized carbons (Fsp3) is 0.400. The van der Waals surface area contributed by atoms with Crippen molar-refractivity contribution in [1.82, 2.24) is 15.3 Å². The van der Waals surface area contributed by atoms with Crippen molar-refractivity contribution >= 4 is 28.8 Å². The van der Waals surface area contributed by atoms with Gasteiger partial charge >= 0.3 is 0 Å². The van der Waals surface area contributed by atoms with E-state index in [0.717, 1.165) is 61.7 Å². The molecule has 1 aliphatic heterocycles. The van der Waals surface area contributed by atoms with Gasteiger partial charge in [-0.3, -0.25) is 0 Å². The van der Waals surface area contributed by atoms with Crippen molar-refractivity contribution in [3.63, 3.8) is 0 Å². The van der Waals surface area contributed by atoms with Crippen molar-refractivity contribution in [2.75, 3.05) is 23.3 Å². The molecule has 1 saturated heterocycles. The second-order valence-electron chi connectivity index (χ2n) is 8.30. The van der Waals surface area contributed by atoms with E-state index in [1.165, 1.54) is 11.3 Å². The van der Waals surface area contributed by atoms with Crippen molar-refractivity contribution in [3.8, 4) is 6.07 Å². The number of hydrogen-bond acceptors (Lipinski definition) is 7. The lowest BCUT2D eigenvalue weighted by Crippen LogP contribution is -2.45. The third kappa shape index (κ3) is 5.64. The first-order chi connectivity index (χ1) is 15.6. The highest BCUT2D eigenvalue weighted by atomic mass is 32.1. The minimum atomic E-state index is 0.446. The van der Waals surface area contributed by atoms with E-state index in [1.54, 1.807) is 11.3 Å². The molecular formula is C25H30N6S. The van der Waals surface area contributed by atoms with Crippen LogP contribution in [0.2, 0.25) is 0 Å². The summed E-state index contributed by atoms with van der Waals surface area (Å²) in [4.78, 5) is 13.3. The quantitative estimate of drug-likeness (QED) is 0.497. The average Bonchev–Trinajstić information content (AvgIpc) is 3.33. The maximum atomic E-state index is 9.35. The van der Waals surface area contributed by atoms with E-state index in [4.69, 9.17) is 9.97 Å². The fourth-order valence-electron chi connectivity index (χ4n) is 4.04. The van der Waals surface area contributed by atoms with Crippen molar-refractivity contribution < 1.29 is 0 Å². The van der Waals surface area contributed by atoms with Crippen LogP contribution in [0.3, 0.4) is 0 Å². The van der Waals surface area contributed by atoms with Gasteiger partial charge in [0.25, 0.3) is 0 Å². The molecule has 6 nitrogen and oxygen atoms in total. The monoisotopic (exact) mass is 446 g/mol. The molecule has 2 aromatic heterocycles. The minimum absolute atomic E-state index is 0.446. The number of piperidine rings is 1. The summed E-state index contributed by atoms with van der Waals surface area (Å²) >= 11 is 1.80. The van der Waals surface area contributed by atoms with Crippen LogP contribution >= 0.6 is 11.3 Å². The van der Waals surface area contributed by atoms with E-state index in [9.17, 15) is 5.26 Å². The largest absolute Gasteiger partial charge is 0.355 e. The summed E-state index contributed by atoms with van der Waals surface area (Å²) < 4.78 is 0. The van der Waals surface area contributed by atoms with E-state index in [0.29, 0.717) is 17.6 Å². The molecule has 2 N–H and O–H groups in total. The number of nitriles is 1. The molecule has 0 radical (unpaired) electrons. The molecule has 0 aliphatic carbocycles. The lowest BCUT2D eigenvalue weighted by Gasteiger charge is -2.34. The molecule has 1 atom stereocenters. The Morgan fingerprint density at radius 1 is 1.25 bits per heavy atom. The molecule has 0 bridgehead atoms. The second kappa shape index (κ2) is 10.6. The molecular weight excluding hydrogens is 416 g/mol. The minimum Gasteiger partial charge on any atom is -0.355 e.